The van der Waals surface area contributed by atoms with E-state index in [1.807, 2.05) is 0 Å². The van der Waals surface area contributed by atoms with Gasteiger partial charge in [-0.3, -0.25) is 67.1 Å². The summed E-state index contributed by atoms with van der Waals surface area (Å²) < 4.78 is 23.3. The number of amides is 13. The number of primary amides is 1. The van der Waals surface area contributed by atoms with Crippen LogP contribution in [-0.2, 0) is 86.1 Å². The molecule has 88 heavy (non-hydrogen) atoms. The lowest BCUT2D eigenvalue weighted by molar-refractivity contribution is -0.333. The van der Waals surface area contributed by atoms with Crippen LogP contribution in [0.1, 0.15) is 80.6 Å². The molecule has 0 aromatic heterocycles. The minimum Gasteiger partial charge on any atom is -0.480 e. The van der Waals surface area contributed by atoms with Crippen molar-refractivity contribution in [3.05, 3.63) is 0 Å². The molecule has 0 saturated carbocycles. The van der Waals surface area contributed by atoms with Gasteiger partial charge in [0.1, 0.15) is 91.1 Å². The van der Waals surface area contributed by atoms with Crippen LogP contribution in [0.15, 0.2) is 0 Å². The maximum atomic E-state index is 13.7. The Hall–Kier alpha value is -7.82. The summed E-state index contributed by atoms with van der Waals surface area (Å²) in [7, 11) is 0. The summed E-state index contributed by atoms with van der Waals surface area (Å²) in [4.78, 5) is 175. The summed E-state index contributed by atoms with van der Waals surface area (Å²) in [6.07, 6.45) is -16.1. The average Bonchev–Trinajstić information content (AvgIpc) is 1.28. The van der Waals surface area contributed by atoms with Crippen LogP contribution in [0.5, 0.6) is 0 Å². The van der Waals surface area contributed by atoms with Crippen molar-refractivity contribution in [3.8, 4) is 0 Å². The fourth-order valence-corrected chi connectivity index (χ4v) is 8.32. The van der Waals surface area contributed by atoms with Gasteiger partial charge in [-0.25, -0.2) is 0 Å². The largest absolute Gasteiger partial charge is 0.480 e. The molecule has 0 aromatic carbocycles. The van der Waals surface area contributed by atoms with Gasteiger partial charge in [-0.15, -0.1) is 0 Å². The zero-order valence-corrected chi connectivity index (χ0v) is 49.5. The molecule has 2 rings (SSSR count). The van der Waals surface area contributed by atoms with Gasteiger partial charge in [0.05, 0.1) is 39.4 Å². The third-order valence-electron chi connectivity index (χ3n) is 13.2. The van der Waals surface area contributed by atoms with Crippen molar-refractivity contribution >= 4 is 82.8 Å². The minimum absolute atomic E-state index is 0.0228. The van der Waals surface area contributed by atoms with E-state index in [9.17, 15) is 97.8 Å². The van der Waals surface area contributed by atoms with Gasteiger partial charge in [0.15, 0.2) is 12.6 Å². The molecule has 2 aliphatic heterocycles. The van der Waals surface area contributed by atoms with Crippen LogP contribution in [0.4, 0.5) is 0 Å². The molecular weight excluding hydrogens is 1180 g/mol. The first kappa shape index (κ1) is 76.3. The number of rotatable bonds is 36. The number of aliphatic hydroxyl groups is 5. The van der Waals surface area contributed by atoms with Crippen molar-refractivity contribution in [2.75, 3.05) is 45.9 Å². The van der Waals surface area contributed by atoms with Gasteiger partial charge < -0.3 is 125 Å². The molecule has 2 saturated heterocycles. The Kier molecular flexibility index (Phi) is 32.7. The zero-order valence-electron chi connectivity index (χ0n) is 49.5. The Labute approximate surface area is 503 Å². The fourth-order valence-electron chi connectivity index (χ4n) is 8.32. The average molecular weight is 1270 g/mol. The molecule has 38 heteroatoms. The maximum absolute atomic E-state index is 13.7. The molecule has 498 valence electrons. The number of carboxylic acid groups (broad SMARTS) is 1. The third-order valence-corrected chi connectivity index (χ3v) is 13.2. The molecule has 22 N–H and O–H groups in total. The van der Waals surface area contributed by atoms with Gasteiger partial charge >= 0.3 is 5.97 Å². The van der Waals surface area contributed by atoms with Crippen LogP contribution in [-0.4, -0.2) is 263 Å². The van der Waals surface area contributed by atoms with E-state index in [0.717, 1.165) is 13.8 Å². The second-order valence-electron chi connectivity index (χ2n) is 20.5. The standard InChI is InChI=1S/C50H84N14O24/c1-20(57-35(73)17-56-34(72)16-55-33(71)15-54-32(70)14-51)43(77)53-13-9-8-10-28(47(81)59-21(2)44(78)60-23(4)48(82)83)63-31(69)12-11-27(42(52)76)64-45(79)22(3)58-46(80)24(5)85-41-37(62-26(7)68)49(84)86-30(19-66)40(41)88-50-36(61-25(6)67)39(75)38(74)29(18-65)87-50/h20-24,27-30,36-41,49-50,65-66,74-75,84H,8-19,51H2,1-7H3,(H2,52,76)(H,53,77)(H,54,70)(H,55,71)(H,56,72)(H,57,73)(H,58,80)(H,59,81)(H,60,78)(H,61,67)(H,62,68)(H,63,69)(H,64,79)(H,82,83). The van der Waals surface area contributed by atoms with Gasteiger partial charge in [0.25, 0.3) is 0 Å². The summed E-state index contributed by atoms with van der Waals surface area (Å²) >= 11 is 0. The molecule has 0 radical (unpaired) electrons. The summed E-state index contributed by atoms with van der Waals surface area (Å²) in [6.45, 7) is 4.61. The Morgan fingerprint density at radius 1 is 0.523 bits per heavy atom. The Balaban J connectivity index is 2.13. The molecule has 0 aromatic rings. The highest BCUT2D eigenvalue weighted by Gasteiger charge is 2.53. The van der Waals surface area contributed by atoms with E-state index in [-0.39, 0.29) is 32.4 Å². The van der Waals surface area contributed by atoms with Gasteiger partial charge in [0, 0.05) is 26.8 Å². The number of carbonyl (C=O) groups excluding carboxylic acids is 13. The Morgan fingerprint density at radius 3 is 1.59 bits per heavy atom. The van der Waals surface area contributed by atoms with Crippen molar-refractivity contribution in [1.29, 1.82) is 0 Å². The first-order valence-corrected chi connectivity index (χ1v) is 27.8. The lowest BCUT2D eigenvalue weighted by atomic mass is 9.94. The number of aliphatic carboxylic acids is 1. The molecule has 17 atom stereocenters. The highest BCUT2D eigenvalue weighted by Crippen LogP contribution is 2.31. The lowest BCUT2D eigenvalue weighted by Crippen LogP contribution is -2.70. The van der Waals surface area contributed by atoms with E-state index < -0.39 is 232 Å². The molecule has 2 heterocycles. The van der Waals surface area contributed by atoms with Crippen LogP contribution < -0.4 is 75.3 Å². The number of unbranched alkanes of at least 4 members (excludes halogenated alkanes) is 1. The third kappa shape index (κ3) is 25.9. The highest BCUT2D eigenvalue weighted by atomic mass is 16.7. The molecule has 0 bridgehead atoms. The van der Waals surface area contributed by atoms with Crippen LogP contribution in [0.3, 0.4) is 0 Å². The zero-order chi connectivity index (χ0) is 66.7. The molecule has 0 aliphatic carbocycles. The predicted octanol–water partition coefficient (Wildman–Crippen LogP) is -11.8. The van der Waals surface area contributed by atoms with E-state index in [0.29, 0.717) is 0 Å². The normalized spacial score (nSPS) is 23.8. The first-order chi connectivity index (χ1) is 41.2. The summed E-state index contributed by atoms with van der Waals surface area (Å²) in [5.41, 5.74) is 10.7. The molecule has 38 nitrogen and oxygen atoms in total. The monoisotopic (exact) mass is 1260 g/mol. The van der Waals surface area contributed by atoms with E-state index in [1.54, 1.807) is 0 Å². The summed E-state index contributed by atoms with van der Waals surface area (Å²) in [5.74, 6) is -12.2. The highest BCUT2D eigenvalue weighted by molar-refractivity contribution is 5.95. The van der Waals surface area contributed by atoms with Crippen molar-refractivity contribution in [2.45, 2.75) is 184 Å². The van der Waals surface area contributed by atoms with Crippen molar-refractivity contribution < 1.29 is 117 Å². The number of carboxylic acids is 1. The van der Waals surface area contributed by atoms with Gasteiger partial charge in [-0.05, 0) is 60.3 Å². The number of nitrogens with two attached hydrogens (primary N) is 2. The summed E-state index contributed by atoms with van der Waals surface area (Å²) in [5, 5.41) is 89.8. The van der Waals surface area contributed by atoms with Crippen LogP contribution in [0.25, 0.3) is 0 Å². The van der Waals surface area contributed by atoms with Crippen LogP contribution in [0, 0.1) is 0 Å². The van der Waals surface area contributed by atoms with Crippen molar-refractivity contribution in [1.82, 2.24) is 63.8 Å². The Bertz CT molecular complexity index is 2460. The van der Waals surface area contributed by atoms with Gasteiger partial charge in [-0.2, -0.15) is 0 Å². The number of nitrogens with one attached hydrogen (secondary N) is 12. The van der Waals surface area contributed by atoms with E-state index in [1.165, 1.54) is 34.6 Å². The van der Waals surface area contributed by atoms with Crippen LogP contribution in [0.2, 0.25) is 0 Å². The van der Waals surface area contributed by atoms with Crippen LogP contribution >= 0.6 is 0 Å². The van der Waals surface area contributed by atoms with Crippen molar-refractivity contribution in [2.24, 2.45) is 11.5 Å². The topological polar surface area (TPSA) is 594 Å². The quantitative estimate of drug-likeness (QED) is 0.0259. The minimum atomic E-state index is -1.93. The van der Waals surface area contributed by atoms with Crippen molar-refractivity contribution in [3.63, 3.8) is 0 Å². The molecule has 17 unspecified atom stereocenters. The second kappa shape index (κ2) is 37.8. The van der Waals surface area contributed by atoms with Gasteiger partial charge in [-0.1, -0.05) is 0 Å². The Morgan fingerprint density at radius 2 is 1.05 bits per heavy atom. The maximum Gasteiger partial charge on any atom is 0.325 e. The molecule has 0 spiro atoms. The number of ether oxygens (including phenoxy) is 4. The van der Waals surface area contributed by atoms with E-state index in [2.05, 4.69) is 63.8 Å². The summed E-state index contributed by atoms with van der Waals surface area (Å²) in [6, 6.07) is -11.4. The van der Waals surface area contributed by atoms with E-state index >= 15 is 0 Å². The molecule has 2 aliphatic rings. The number of hydrogen-bond acceptors (Lipinski definition) is 24. The molecular formula is C50H84N14O24. The SMILES string of the molecule is CC(=O)NC1C(OC2C(CO)OC(O)C(NC(C)=O)C2OC(C)C(=O)NC(C)C(=O)NC(CCC(=O)NC(CCCCNC(=O)C(C)NC(=O)CNC(=O)CNC(=O)CNC(=O)CN)C(=O)NC(C)C(=O)NC(C)C(=O)O)C(N)=O)OC(CO)C(O)C1O. The smallest absolute Gasteiger partial charge is 0.325 e. The second-order valence-corrected chi connectivity index (χ2v) is 20.5. The van der Waals surface area contributed by atoms with E-state index in [4.69, 9.17) is 30.4 Å². The molecule has 2 fully saturated rings. The fraction of sp³-hybridized carbons (Fsp3) is 0.720. The lowest BCUT2D eigenvalue weighted by Gasteiger charge is -2.48. The first-order valence-electron chi connectivity index (χ1n) is 27.8. The van der Waals surface area contributed by atoms with Gasteiger partial charge in [0.2, 0.25) is 76.8 Å². The predicted molar refractivity (Wildman–Crippen MR) is 295 cm³/mol. The number of carbonyl (C=O) groups is 14. The number of hydrogen-bond donors (Lipinski definition) is 20. The number of aliphatic hydroxyl groups excluding tert-OH is 5. The molecule has 13 amide bonds.